The standard InChI is InChI=1S/C43H39N3/c1-2-3-6-16-36-17-12-20-41(45-36)35-23-25-39-40-26-22-34-29-33(32-15-11-14-31(28-32)13-7-5-10-27-44)21-24-38(34)43(40)46(42(39)30-35)37-18-8-4-9-19-37/h4-12,14-30,41,45H,2-3,13,44H2,1H3/b7-5-,16-6+,27-10-. The Bertz CT molecular complexity index is 2170. The molecule has 6 aromatic rings. The van der Waals surface area contributed by atoms with Crippen LogP contribution in [0, 0.1) is 0 Å². The molecule has 0 fully saturated rings. The Labute approximate surface area is 271 Å². The van der Waals surface area contributed by atoms with Gasteiger partial charge in [0.2, 0.25) is 0 Å². The third-order valence-electron chi connectivity index (χ3n) is 8.77. The number of para-hydroxylation sites is 1. The van der Waals surface area contributed by atoms with Crippen LogP contribution in [0.1, 0.15) is 36.9 Å². The third-order valence-corrected chi connectivity index (χ3v) is 8.77. The zero-order valence-corrected chi connectivity index (χ0v) is 26.2. The second-order valence-electron chi connectivity index (χ2n) is 11.9. The van der Waals surface area contributed by atoms with Gasteiger partial charge in [0.15, 0.2) is 0 Å². The monoisotopic (exact) mass is 597 g/mol. The van der Waals surface area contributed by atoms with Crippen LogP contribution in [0.4, 0.5) is 0 Å². The molecular formula is C43H39N3. The molecule has 5 aromatic carbocycles. The fourth-order valence-electron chi connectivity index (χ4n) is 6.52. The maximum Gasteiger partial charge on any atom is 0.0701 e. The number of nitrogens with one attached hydrogen (secondary N) is 1. The minimum absolute atomic E-state index is 0.112. The summed E-state index contributed by atoms with van der Waals surface area (Å²) < 4.78 is 2.45. The fraction of sp³-hybridized carbons (Fsp3) is 0.116. The maximum atomic E-state index is 5.47. The number of hydrogen-bond acceptors (Lipinski definition) is 2. The molecule has 1 atom stereocenters. The van der Waals surface area contributed by atoms with Crippen LogP contribution < -0.4 is 11.1 Å². The van der Waals surface area contributed by atoms with Crippen molar-refractivity contribution in [3.8, 4) is 16.8 Å². The number of aromatic nitrogens is 1. The highest BCUT2D eigenvalue weighted by molar-refractivity contribution is 6.19. The van der Waals surface area contributed by atoms with Crippen molar-refractivity contribution in [1.82, 2.24) is 9.88 Å². The zero-order chi connectivity index (χ0) is 31.3. The van der Waals surface area contributed by atoms with Crippen molar-refractivity contribution in [3.05, 3.63) is 175 Å². The quantitative estimate of drug-likeness (QED) is 0.163. The Morgan fingerprint density at radius 1 is 0.783 bits per heavy atom. The Kier molecular flexibility index (Phi) is 8.38. The van der Waals surface area contributed by atoms with Crippen LogP contribution in [0.2, 0.25) is 0 Å². The summed E-state index contributed by atoms with van der Waals surface area (Å²) >= 11 is 0. The molecule has 1 aromatic heterocycles. The molecule has 2 heterocycles. The highest BCUT2D eigenvalue weighted by atomic mass is 15.0. The van der Waals surface area contributed by atoms with E-state index in [-0.39, 0.29) is 6.04 Å². The number of fused-ring (bicyclic) bond motifs is 5. The maximum absolute atomic E-state index is 5.47. The van der Waals surface area contributed by atoms with E-state index in [2.05, 4.69) is 156 Å². The molecule has 0 saturated heterocycles. The van der Waals surface area contributed by atoms with E-state index in [1.165, 1.54) is 54.8 Å². The van der Waals surface area contributed by atoms with Gasteiger partial charge in [-0.1, -0.05) is 123 Å². The predicted molar refractivity (Wildman–Crippen MR) is 197 cm³/mol. The van der Waals surface area contributed by atoms with Crippen LogP contribution in [0.15, 0.2) is 164 Å². The van der Waals surface area contributed by atoms with E-state index in [0.717, 1.165) is 30.6 Å². The second-order valence-corrected chi connectivity index (χ2v) is 11.9. The van der Waals surface area contributed by atoms with Gasteiger partial charge in [-0.2, -0.15) is 0 Å². The summed E-state index contributed by atoms with van der Waals surface area (Å²) in [6, 6.07) is 38.1. The minimum atomic E-state index is 0.112. The lowest BCUT2D eigenvalue weighted by Crippen LogP contribution is -2.20. The second kappa shape index (κ2) is 13.2. The molecule has 0 bridgehead atoms. The SMILES string of the molecule is CCC/C=C/C1=CC=CC(c2ccc3c4ccc5cc(-c6cccc(C/C=C\C=C/N)c6)ccc5c4n(-c4ccccc4)c3c2)N1. The average molecular weight is 598 g/mol. The Hall–Kier alpha value is -5.54. The molecule has 3 N–H and O–H groups in total. The zero-order valence-electron chi connectivity index (χ0n) is 26.2. The lowest BCUT2D eigenvalue weighted by atomic mass is 9.97. The molecule has 0 spiro atoms. The van der Waals surface area contributed by atoms with Crippen molar-refractivity contribution < 1.29 is 0 Å². The Morgan fingerprint density at radius 2 is 1.63 bits per heavy atom. The van der Waals surface area contributed by atoms with Gasteiger partial charge < -0.3 is 15.6 Å². The third kappa shape index (κ3) is 5.80. The number of allylic oxidation sites excluding steroid dienone is 7. The van der Waals surface area contributed by atoms with Gasteiger partial charge in [-0.05, 0) is 89.2 Å². The first-order valence-corrected chi connectivity index (χ1v) is 16.2. The Balaban J connectivity index is 1.33. The number of nitrogens with two attached hydrogens (primary N) is 1. The van der Waals surface area contributed by atoms with Gasteiger partial charge >= 0.3 is 0 Å². The largest absolute Gasteiger partial charge is 0.405 e. The van der Waals surface area contributed by atoms with Crippen LogP contribution in [-0.2, 0) is 6.42 Å². The van der Waals surface area contributed by atoms with Gasteiger partial charge in [0, 0.05) is 27.5 Å². The van der Waals surface area contributed by atoms with Crippen LogP contribution in [-0.4, -0.2) is 4.57 Å². The summed E-state index contributed by atoms with van der Waals surface area (Å²) in [5.41, 5.74) is 15.2. The number of hydrogen-bond donors (Lipinski definition) is 2. The first-order valence-electron chi connectivity index (χ1n) is 16.2. The Morgan fingerprint density at radius 3 is 2.50 bits per heavy atom. The van der Waals surface area contributed by atoms with E-state index in [1.807, 2.05) is 12.2 Å². The van der Waals surface area contributed by atoms with Crippen molar-refractivity contribution in [2.75, 3.05) is 0 Å². The van der Waals surface area contributed by atoms with Gasteiger partial charge in [-0.15, -0.1) is 0 Å². The van der Waals surface area contributed by atoms with Crippen molar-refractivity contribution in [1.29, 1.82) is 0 Å². The molecule has 46 heavy (non-hydrogen) atoms. The molecule has 7 rings (SSSR count). The van der Waals surface area contributed by atoms with Gasteiger partial charge in [0.05, 0.1) is 17.1 Å². The summed E-state index contributed by atoms with van der Waals surface area (Å²) in [4.78, 5) is 0. The van der Waals surface area contributed by atoms with Gasteiger partial charge in [0.25, 0.3) is 0 Å². The topological polar surface area (TPSA) is 43.0 Å². The molecule has 1 aliphatic heterocycles. The van der Waals surface area contributed by atoms with Crippen LogP contribution in [0.5, 0.6) is 0 Å². The molecule has 1 unspecified atom stereocenters. The van der Waals surface area contributed by atoms with Crippen LogP contribution in [0.25, 0.3) is 49.4 Å². The van der Waals surface area contributed by atoms with Crippen LogP contribution >= 0.6 is 0 Å². The number of rotatable bonds is 9. The summed E-state index contributed by atoms with van der Waals surface area (Å²) in [7, 11) is 0. The lowest BCUT2D eigenvalue weighted by molar-refractivity contribution is 0.719. The first-order chi connectivity index (χ1) is 22.7. The normalized spacial score (nSPS) is 15.2. The molecule has 0 aliphatic carbocycles. The highest BCUT2D eigenvalue weighted by Crippen LogP contribution is 2.39. The summed E-state index contributed by atoms with van der Waals surface area (Å²) in [6.07, 6.45) is 21.7. The fourth-order valence-corrected chi connectivity index (χ4v) is 6.52. The van der Waals surface area contributed by atoms with Crippen LogP contribution in [0.3, 0.4) is 0 Å². The smallest absolute Gasteiger partial charge is 0.0701 e. The minimum Gasteiger partial charge on any atom is -0.405 e. The van der Waals surface area contributed by atoms with Crippen molar-refractivity contribution >= 4 is 32.6 Å². The molecule has 226 valence electrons. The lowest BCUT2D eigenvalue weighted by Gasteiger charge is -2.21. The van der Waals surface area contributed by atoms with E-state index >= 15 is 0 Å². The van der Waals surface area contributed by atoms with Crippen molar-refractivity contribution in [2.24, 2.45) is 5.73 Å². The van der Waals surface area contributed by atoms with Crippen molar-refractivity contribution in [3.63, 3.8) is 0 Å². The summed E-state index contributed by atoms with van der Waals surface area (Å²) in [5, 5.41) is 8.73. The predicted octanol–water partition coefficient (Wildman–Crippen LogP) is 10.6. The summed E-state index contributed by atoms with van der Waals surface area (Å²) in [5.74, 6) is 0. The van der Waals surface area contributed by atoms with E-state index in [0.29, 0.717) is 0 Å². The molecule has 3 nitrogen and oxygen atoms in total. The highest BCUT2D eigenvalue weighted by Gasteiger charge is 2.18. The van der Waals surface area contributed by atoms with Gasteiger partial charge in [0.1, 0.15) is 0 Å². The van der Waals surface area contributed by atoms with E-state index in [4.69, 9.17) is 5.73 Å². The molecule has 1 aliphatic rings. The first kappa shape index (κ1) is 29.2. The number of nitrogens with zero attached hydrogens (tertiary/aromatic N) is 1. The number of benzene rings is 5. The van der Waals surface area contributed by atoms with Gasteiger partial charge in [-0.25, -0.2) is 0 Å². The van der Waals surface area contributed by atoms with E-state index in [1.54, 1.807) is 6.20 Å². The number of unbranched alkanes of at least 4 members (excludes halogenated alkanes) is 1. The van der Waals surface area contributed by atoms with Crippen molar-refractivity contribution in [2.45, 2.75) is 32.2 Å². The number of dihydropyridines is 1. The van der Waals surface area contributed by atoms with Gasteiger partial charge in [-0.3, -0.25) is 0 Å². The molecule has 0 saturated carbocycles. The molecule has 0 amide bonds. The van der Waals surface area contributed by atoms with E-state index < -0.39 is 0 Å². The molecule has 3 heteroatoms. The average Bonchev–Trinajstić information content (AvgIpc) is 3.45. The summed E-state index contributed by atoms with van der Waals surface area (Å²) in [6.45, 7) is 2.21. The molecule has 0 radical (unpaired) electrons. The van der Waals surface area contributed by atoms with E-state index in [9.17, 15) is 0 Å². The molecular weight excluding hydrogens is 558 g/mol.